The third-order valence-electron chi connectivity index (χ3n) is 6.51. The number of benzene rings is 1. The predicted molar refractivity (Wildman–Crippen MR) is 113 cm³/mol. The lowest BCUT2D eigenvalue weighted by Crippen LogP contribution is -2.34. The molecule has 2 saturated heterocycles. The normalized spacial score (nSPS) is 20.6. The molecule has 0 spiro atoms. The lowest BCUT2D eigenvalue weighted by molar-refractivity contribution is 0.0783. The van der Waals surface area contributed by atoms with Crippen LogP contribution in [-0.4, -0.2) is 62.1 Å². The van der Waals surface area contributed by atoms with Crippen molar-refractivity contribution in [3.63, 3.8) is 0 Å². The second-order valence-electron chi connectivity index (χ2n) is 8.34. The zero-order chi connectivity index (χ0) is 20.8. The predicted octanol–water partition coefficient (Wildman–Crippen LogP) is 2.40. The van der Waals surface area contributed by atoms with Crippen molar-refractivity contribution < 1.29 is 4.79 Å². The number of H-pyrrole nitrogens is 1. The Morgan fingerprint density at radius 3 is 2.30 bits per heavy atom. The lowest BCUT2D eigenvalue weighted by atomic mass is 10.0. The van der Waals surface area contributed by atoms with Gasteiger partial charge in [-0.25, -0.2) is 9.97 Å². The standard InChI is InChI=1S/C22H25N7O/c1-13-14(2)25-22(26-15(13)3)29-10-16-8-28(9-17(16)11-29)21(30)19-7-5-4-6-18(19)20-23-12-24-27-20/h4-7,12,16-17H,8-11H2,1-3H3,(H,23,24,27). The summed E-state index contributed by atoms with van der Waals surface area (Å²) in [6.45, 7) is 9.43. The summed E-state index contributed by atoms with van der Waals surface area (Å²) in [6, 6.07) is 7.58. The van der Waals surface area contributed by atoms with Crippen LogP contribution in [0.15, 0.2) is 30.6 Å². The molecule has 30 heavy (non-hydrogen) atoms. The van der Waals surface area contributed by atoms with Gasteiger partial charge in [0.1, 0.15) is 6.33 Å². The second-order valence-corrected chi connectivity index (χ2v) is 8.34. The summed E-state index contributed by atoms with van der Waals surface area (Å²) in [4.78, 5) is 30.0. The topological polar surface area (TPSA) is 90.9 Å². The molecule has 0 bridgehead atoms. The quantitative estimate of drug-likeness (QED) is 0.722. The summed E-state index contributed by atoms with van der Waals surface area (Å²) in [5, 5.41) is 7.93. The van der Waals surface area contributed by atoms with Gasteiger partial charge in [0.15, 0.2) is 5.82 Å². The third-order valence-corrected chi connectivity index (χ3v) is 6.51. The van der Waals surface area contributed by atoms with Gasteiger partial charge in [-0.15, -0.1) is 10.2 Å². The van der Waals surface area contributed by atoms with E-state index in [-0.39, 0.29) is 5.91 Å². The number of aryl methyl sites for hydroxylation is 2. The van der Waals surface area contributed by atoms with E-state index in [0.29, 0.717) is 23.2 Å². The molecule has 2 aliphatic heterocycles. The molecule has 1 aromatic carbocycles. The van der Waals surface area contributed by atoms with Gasteiger partial charge in [0.2, 0.25) is 5.95 Å². The van der Waals surface area contributed by atoms with Gasteiger partial charge in [-0.3, -0.25) is 4.79 Å². The van der Waals surface area contributed by atoms with Crippen LogP contribution < -0.4 is 4.90 Å². The zero-order valence-corrected chi connectivity index (χ0v) is 17.5. The fraction of sp³-hybridized carbons (Fsp3) is 0.409. The molecular weight excluding hydrogens is 378 g/mol. The van der Waals surface area contributed by atoms with Crippen LogP contribution in [-0.2, 0) is 0 Å². The molecule has 5 rings (SSSR count). The Balaban J connectivity index is 1.32. The van der Waals surface area contributed by atoms with Gasteiger partial charge in [-0.05, 0) is 32.4 Å². The monoisotopic (exact) mass is 403 g/mol. The highest BCUT2D eigenvalue weighted by atomic mass is 16.2. The van der Waals surface area contributed by atoms with Crippen LogP contribution in [0.1, 0.15) is 27.3 Å². The molecule has 2 aromatic heterocycles. The number of nitrogens with one attached hydrogen (secondary N) is 1. The van der Waals surface area contributed by atoms with E-state index in [1.807, 2.05) is 43.0 Å². The number of amides is 1. The molecule has 1 N–H and O–H groups in total. The van der Waals surface area contributed by atoms with E-state index in [0.717, 1.165) is 54.6 Å². The minimum absolute atomic E-state index is 0.0567. The Kier molecular flexibility index (Phi) is 4.49. The van der Waals surface area contributed by atoms with Gasteiger partial charge in [0.05, 0.1) is 5.56 Å². The number of carbonyl (C=O) groups excluding carboxylic acids is 1. The van der Waals surface area contributed by atoms with E-state index < -0.39 is 0 Å². The number of hydrogen-bond acceptors (Lipinski definition) is 6. The molecule has 0 saturated carbocycles. The maximum Gasteiger partial charge on any atom is 0.254 e. The van der Waals surface area contributed by atoms with Crippen LogP contribution in [0.25, 0.3) is 11.4 Å². The summed E-state index contributed by atoms with van der Waals surface area (Å²) in [5.41, 5.74) is 4.68. The molecule has 4 heterocycles. The summed E-state index contributed by atoms with van der Waals surface area (Å²) in [5.74, 6) is 2.38. The fourth-order valence-corrected chi connectivity index (χ4v) is 4.60. The molecule has 2 unspecified atom stereocenters. The number of hydrogen-bond donors (Lipinski definition) is 1. The Morgan fingerprint density at radius 2 is 1.67 bits per heavy atom. The Morgan fingerprint density at radius 1 is 1.00 bits per heavy atom. The smallest absolute Gasteiger partial charge is 0.254 e. The molecular formula is C22H25N7O. The number of carbonyl (C=O) groups is 1. The maximum absolute atomic E-state index is 13.3. The summed E-state index contributed by atoms with van der Waals surface area (Å²) < 4.78 is 0. The van der Waals surface area contributed by atoms with Crippen molar-refractivity contribution in [2.45, 2.75) is 20.8 Å². The molecule has 2 atom stereocenters. The first-order valence-electron chi connectivity index (χ1n) is 10.3. The van der Waals surface area contributed by atoms with Crippen LogP contribution in [0.2, 0.25) is 0 Å². The maximum atomic E-state index is 13.3. The number of anilines is 1. The van der Waals surface area contributed by atoms with Crippen LogP contribution in [0.3, 0.4) is 0 Å². The van der Waals surface area contributed by atoms with Crippen molar-refractivity contribution in [1.29, 1.82) is 0 Å². The Hall–Kier alpha value is -3.29. The number of rotatable bonds is 3. The van der Waals surface area contributed by atoms with Gasteiger partial charge in [0.25, 0.3) is 5.91 Å². The highest BCUT2D eigenvalue weighted by Crippen LogP contribution is 2.34. The van der Waals surface area contributed by atoms with Gasteiger partial charge in [-0.1, -0.05) is 18.2 Å². The van der Waals surface area contributed by atoms with Crippen molar-refractivity contribution in [2.24, 2.45) is 11.8 Å². The molecule has 8 nitrogen and oxygen atoms in total. The van der Waals surface area contributed by atoms with Crippen molar-refractivity contribution in [2.75, 3.05) is 31.1 Å². The van der Waals surface area contributed by atoms with E-state index in [1.165, 1.54) is 6.33 Å². The molecule has 1 amide bonds. The summed E-state index contributed by atoms with van der Waals surface area (Å²) in [6.07, 6.45) is 1.53. The van der Waals surface area contributed by atoms with Crippen LogP contribution in [0.5, 0.6) is 0 Å². The van der Waals surface area contributed by atoms with Gasteiger partial charge >= 0.3 is 0 Å². The highest BCUT2D eigenvalue weighted by Gasteiger charge is 2.42. The molecule has 8 heteroatoms. The van der Waals surface area contributed by atoms with Crippen molar-refractivity contribution in [3.05, 3.63) is 53.1 Å². The molecule has 2 aliphatic rings. The fourth-order valence-electron chi connectivity index (χ4n) is 4.60. The van der Waals surface area contributed by atoms with Gasteiger partial charge in [0, 0.05) is 55.0 Å². The van der Waals surface area contributed by atoms with Crippen LogP contribution in [0.4, 0.5) is 5.95 Å². The first-order chi connectivity index (χ1) is 14.5. The van der Waals surface area contributed by atoms with E-state index in [9.17, 15) is 4.79 Å². The first-order valence-corrected chi connectivity index (χ1v) is 10.3. The van der Waals surface area contributed by atoms with E-state index in [2.05, 4.69) is 27.0 Å². The Labute approximate surface area is 175 Å². The van der Waals surface area contributed by atoms with E-state index in [1.54, 1.807) is 0 Å². The van der Waals surface area contributed by atoms with Crippen molar-refractivity contribution >= 4 is 11.9 Å². The third kappa shape index (κ3) is 3.12. The first kappa shape index (κ1) is 18.7. The minimum atomic E-state index is 0.0567. The number of aromatic nitrogens is 5. The molecule has 0 radical (unpaired) electrons. The van der Waals surface area contributed by atoms with Crippen molar-refractivity contribution in [1.82, 2.24) is 30.0 Å². The Bertz CT molecular complexity index is 1060. The van der Waals surface area contributed by atoms with Crippen molar-refractivity contribution in [3.8, 4) is 11.4 Å². The van der Waals surface area contributed by atoms with Crippen LogP contribution in [0, 0.1) is 32.6 Å². The van der Waals surface area contributed by atoms with Gasteiger partial charge in [-0.2, -0.15) is 0 Å². The lowest BCUT2D eigenvalue weighted by Gasteiger charge is -2.23. The molecule has 0 aliphatic carbocycles. The van der Waals surface area contributed by atoms with E-state index in [4.69, 9.17) is 9.97 Å². The van der Waals surface area contributed by atoms with Gasteiger partial charge < -0.3 is 14.8 Å². The highest BCUT2D eigenvalue weighted by molar-refractivity contribution is 6.00. The zero-order valence-electron chi connectivity index (χ0n) is 17.5. The summed E-state index contributed by atoms with van der Waals surface area (Å²) in [7, 11) is 0. The van der Waals surface area contributed by atoms with Crippen LogP contribution >= 0.6 is 0 Å². The number of fused-ring (bicyclic) bond motifs is 1. The van der Waals surface area contributed by atoms with E-state index >= 15 is 0 Å². The number of aromatic amines is 1. The number of likely N-dealkylation sites (tertiary alicyclic amines) is 1. The number of nitrogens with zero attached hydrogens (tertiary/aromatic N) is 6. The SMILES string of the molecule is Cc1nc(N2CC3CN(C(=O)c4ccccc4-c4nnc[nH]4)CC3C2)nc(C)c1C. The summed E-state index contributed by atoms with van der Waals surface area (Å²) >= 11 is 0. The molecule has 3 aromatic rings. The second kappa shape index (κ2) is 7.19. The average molecular weight is 403 g/mol. The minimum Gasteiger partial charge on any atom is -0.340 e. The molecule has 2 fully saturated rings. The average Bonchev–Trinajstić information content (AvgIpc) is 3.47. The largest absolute Gasteiger partial charge is 0.340 e. The molecule has 154 valence electrons.